The molecule has 2 atom stereocenters. The molecule has 2 aromatic heterocycles. The fourth-order valence-electron chi connectivity index (χ4n) is 5.03. The minimum Gasteiger partial charge on any atom is -0.459 e. The van der Waals surface area contributed by atoms with Crippen LogP contribution in [0.4, 0.5) is 0 Å². The largest absolute Gasteiger partial charge is 0.459 e. The number of hydrogen-bond donors (Lipinski definition) is 1. The van der Waals surface area contributed by atoms with E-state index in [9.17, 15) is 9.59 Å². The van der Waals surface area contributed by atoms with Gasteiger partial charge in [0, 0.05) is 40.1 Å². The van der Waals surface area contributed by atoms with Gasteiger partial charge in [0.1, 0.15) is 6.10 Å². The summed E-state index contributed by atoms with van der Waals surface area (Å²) in [6.45, 7) is 1.94. The fourth-order valence-corrected chi connectivity index (χ4v) is 6.54. The van der Waals surface area contributed by atoms with Crippen LogP contribution in [0.5, 0.6) is 0 Å². The molecule has 3 aliphatic rings. The van der Waals surface area contributed by atoms with Crippen LogP contribution in [0.3, 0.4) is 0 Å². The average Bonchev–Trinajstić information content (AvgIpc) is 3.49. The third kappa shape index (κ3) is 3.56. The normalized spacial score (nSPS) is 24.8. The predicted octanol–water partition coefficient (Wildman–Crippen LogP) is 5.66. The number of allylic oxidation sites excluding steroid dienone is 3. The third-order valence-corrected chi connectivity index (χ3v) is 8.18. The van der Waals surface area contributed by atoms with Crippen molar-refractivity contribution >= 4 is 34.4 Å². The predicted molar refractivity (Wildman–Crippen MR) is 120 cm³/mol. The number of dihydropyridines is 1. The van der Waals surface area contributed by atoms with Gasteiger partial charge in [-0.3, -0.25) is 4.79 Å². The quantitative estimate of drug-likeness (QED) is 0.625. The molecule has 2 aromatic rings. The van der Waals surface area contributed by atoms with E-state index in [4.69, 9.17) is 4.74 Å². The lowest BCUT2D eigenvalue weighted by Crippen LogP contribution is -2.36. The summed E-state index contributed by atoms with van der Waals surface area (Å²) in [6.07, 6.45) is 5.38. The van der Waals surface area contributed by atoms with Crippen LogP contribution in [0.2, 0.25) is 0 Å². The molecule has 156 valence electrons. The highest BCUT2D eigenvalue weighted by Crippen LogP contribution is 2.46. The maximum absolute atomic E-state index is 13.4. The van der Waals surface area contributed by atoms with E-state index in [-0.39, 0.29) is 29.7 Å². The monoisotopic (exact) mass is 439 g/mol. The molecular formula is C24H25NO3S2. The van der Waals surface area contributed by atoms with Crippen molar-refractivity contribution in [3.05, 3.63) is 67.3 Å². The number of hydrogen-bond acceptors (Lipinski definition) is 6. The molecule has 1 aliphatic heterocycles. The molecule has 1 saturated carbocycles. The van der Waals surface area contributed by atoms with Gasteiger partial charge >= 0.3 is 5.97 Å². The maximum Gasteiger partial charge on any atom is 0.337 e. The first kappa shape index (κ1) is 19.8. The van der Waals surface area contributed by atoms with E-state index in [1.165, 1.54) is 4.88 Å². The Morgan fingerprint density at radius 2 is 2.00 bits per heavy atom. The van der Waals surface area contributed by atoms with Crippen LogP contribution in [0, 0.1) is 0 Å². The van der Waals surface area contributed by atoms with Gasteiger partial charge in [0.2, 0.25) is 0 Å². The number of carbonyl (C=O) groups is 2. The fraction of sp³-hybridized carbons (Fsp3) is 0.417. The molecule has 1 N–H and O–H groups in total. The summed E-state index contributed by atoms with van der Waals surface area (Å²) in [5.41, 5.74) is 4.14. The van der Waals surface area contributed by atoms with Crippen LogP contribution in [0.1, 0.15) is 67.7 Å². The van der Waals surface area contributed by atoms with Crippen LogP contribution in [-0.4, -0.2) is 17.9 Å². The average molecular weight is 440 g/mol. The first-order valence-electron chi connectivity index (χ1n) is 10.6. The van der Waals surface area contributed by atoms with Crippen molar-refractivity contribution in [3.8, 4) is 0 Å². The van der Waals surface area contributed by atoms with E-state index >= 15 is 0 Å². The van der Waals surface area contributed by atoms with Crippen molar-refractivity contribution in [2.45, 2.75) is 63.4 Å². The van der Waals surface area contributed by atoms with Gasteiger partial charge in [-0.05, 0) is 72.9 Å². The lowest BCUT2D eigenvalue weighted by molar-refractivity contribution is -0.144. The van der Waals surface area contributed by atoms with E-state index in [0.29, 0.717) is 12.0 Å². The summed E-state index contributed by atoms with van der Waals surface area (Å²) in [5.74, 6) is -0.273. The first-order valence-corrected chi connectivity index (χ1v) is 12.4. The van der Waals surface area contributed by atoms with E-state index in [1.54, 1.807) is 22.7 Å². The summed E-state index contributed by atoms with van der Waals surface area (Å²) in [5, 5.41) is 9.56. The molecule has 6 heteroatoms. The number of Topliss-reactive ketones (excluding diaryl/α,β-unsaturated/α-hetero) is 1. The summed E-state index contributed by atoms with van der Waals surface area (Å²) in [7, 11) is 0. The van der Waals surface area contributed by atoms with Gasteiger partial charge in [0.05, 0.1) is 5.57 Å². The molecule has 2 aliphatic carbocycles. The second-order valence-corrected chi connectivity index (χ2v) is 10.2. The van der Waals surface area contributed by atoms with Gasteiger partial charge in [0.25, 0.3) is 0 Å². The second kappa shape index (κ2) is 8.16. The molecule has 0 amide bonds. The molecule has 5 rings (SSSR count). The topological polar surface area (TPSA) is 55.4 Å². The Bertz CT molecular complexity index is 1010. The van der Waals surface area contributed by atoms with E-state index < -0.39 is 0 Å². The minimum atomic E-state index is -0.335. The zero-order chi connectivity index (χ0) is 20.7. The zero-order valence-corrected chi connectivity index (χ0v) is 18.6. The molecule has 0 spiro atoms. The van der Waals surface area contributed by atoms with Gasteiger partial charge in [-0.25, -0.2) is 4.79 Å². The van der Waals surface area contributed by atoms with Crippen molar-refractivity contribution < 1.29 is 14.3 Å². The number of ketones is 1. The van der Waals surface area contributed by atoms with Gasteiger partial charge in [-0.2, -0.15) is 11.3 Å². The molecule has 3 heterocycles. The standard InChI is InChI=1S/C24H25NO3S2/c1-14-21(24(27)28-17-5-2-3-6-17)22(15-8-10-29-13-15)23-18(25-14)11-16(12-19(23)26)20-7-4-9-30-20/h4,7-10,13,16-17,22,25H,2-3,5-6,11-12H2,1H3/t16-,22+/m0/s1. The van der Waals surface area contributed by atoms with E-state index in [1.807, 2.05) is 24.4 Å². The molecule has 0 radical (unpaired) electrons. The Kier molecular flexibility index (Phi) is 5.37. The Hall–Kier alpha value is -2.18. The van der Waals surface area contributed by atoms with Gasteiger partial charge in [0.15, 0.2) is 5.78 Å². The number of nitrogens with one attached hydrogen (secondary N) is 1. The number of ether oxygens (including phenoxy) is 1. The van der Waals surface area contributed by atoms with E-state index in [2.05, 4.69) is 22.1 Å². The minimum absolute atomic E-state index is 0.00145. The Labute approximate surface area is 184 Å². The van der Waals surface area contributed by atoms with Crippen molar-refractivity contribution in [1.82, 2.24) is 5.32 Å². The van der Waals surface area contributed by atoms with Crippen molar-refractivity contribution in [2.75, 3.05) is 0 Å². The summed E-state index contributed by atoms with van der Waals surface area (Å²) in [4.78, 5) is 27.9. The van der Waals surface area contributed by atoms with Crippen molar-refractivity contribution in [3.63, 3.8) is 0 Å². The molecule has 1 fully saturated rings. The van der Waals surface area contributed by atoms with Gasteiger partial charge in [-0.15, -0.1) is 11.3 Å². The van der Waals surface area contributed by atoms with E-state index in [0.717, 1.165) is 54.6 Å². The first-order chi connectivity index (χ1) is 14.6. The lowest BCUT2D eigenvalue weighted by atomic mass is 9.73. The molecule has 0 saturated heterocycles. The third-order valence-electron chi connectivity index (χ3n) is 6.45. The highest BCUT2D eigenvalue weighted by atomic mass is 32.1. The molecular weight excluding hydrogens is 414 g/mol. The molecule has 0 bridgehead atoms. The Balaban J connectivity index is 1.51. The van der Waals surface area contributed by atoms with Crippen LogP contribution in [0.15, 0.2) is 56.9 Å². The number of carbonyl (C=O) groups excluding carboxylic acids is 2. The second-order valence-electron chi connectivity index (χ2n) is 8.40. The summed E-state index contributed by atoms with van der Waals surface area (Å²) < 4.78 is 5.88. The summed E-state index contributed by atoms with van der Waals surface area (Å²) in [6, 6.07) is 6.18. The number of thiophene rings is 2. The molecule has 4 nitrogen and oxygen atoms in total. The van der Waals surface area contributed by atoms with Gasteiger partial charge in [-0.1, -0.05) is 6.07 Å². The highest BCUT2D eigenvalue weighted by molar-refractivity contribution is 7.10. The smallest absolute Gasteiger partial charge is 0.337 e. The molecule has 0 aromatic carbocycles. The maximum atomic E-state index is 13.4. The highest BCUT2D eigenvalue weighted by Gasteiger charge is 2.42. The van der Waals surface area contributed by atoms with Crippen molar-refractivity contribution in [2.24, 2.45) is 0 Å². The van der Waals surface area contributed by atoms with Crippen LogP contribution < -0.4 is 5.32 Å². The molecule has 30 heavy (non-hydrogen) atoms. The van der Waals surface area contributed by atoms with Crippen molar-refractivity contribution in [1.29, 1.82) is 0 Å². The Morgan fingerprint density at radius 3 is 2.70 bits per heavy atom. The lowest BCUT2D eigenvalue weighted by Gasteiger charge is -2.36. The van der Waals surface area contributed by atoms with Crippen LogP contribution >= 0.6 is 22.7 Å². The number of esters is 1. The molecule has 0 unspecified atom stereocenters. The zero-order valence-electron chi connectivity index (χ0n) is 17.0. The number of rotatable bonds is 4. The SMILES string of the molecule is CC1=C(C(=O)OC2CCCC2)[C@@H](c2ccsc2)C2=C(C[C@H](c3cccs3)CC2=O)N1. The Morgan fingerprint density at radius 1 is 1.17 bits per heavy atom. The van der Waals surface area contributed by atoms with Gasteiger partial charge < -0.3 is 10.1 Å². The van der Waals surface area contributed by atoms with Crippen LogP contribution in [-0.2, 0) is 14.3 Å². The van der Waals surface area contributed by atoms with Crippen LogP contribution in [0.25, 0.3) is 0 Å². The summed E-state index contributed by atoms with van der Waals surface area (Å²) >= 11 is 3.30.